The van der Waals surface area contributed by atoms with Crippen LogP contribution in [-0.4, -0.2) is 34.8 Å². The third-order valence-corrected chi connectivity index (χ3v) is 5.94. The van der Waals surface area contributed by atoms with Crippen LogP contribution >= 0.6 is 11.3 Å². The molecule has 9 heteroatoms. The summed E-state index contributed by atoms with van der Waals surface area (Å²) in [6.45, 7) is 1.36. The maximum atomic E-state index is 12.8. The minimum Gasteiger partial charge on any atom is -0.492 e. The molecular formula is C25H22F3N3O2S. The summed E-state index contributed by atoms with van der Waals surface area (Å²) in [4.78, 5) is 8.57. The first-order chi connectivity index (χ1) is 16.4. The molecule has 0 aliphatic carbocycles. The number of aromatic nitrogens is 2. The van der Waals surface area contributed by atoms with Gasteiger partial charge in [0.25, 0.3) is 0 Å². The predicted molar refractivity (Wildman–Crippen MR) is 126 cm³/mol. The summed E-state index contributed by atoms with van der Waals surface area (Å²) in [5.41, 5.74) is 2.28. The molecular weight excluding hydrogens is 463 g/mol. The van der Waals surface area contributed by atoms with E-state index in [0.29, 0.717) is 36.0 Å². The van der Waals surface area contributed by atoms with Crippen molar-refractivity contribution in [2.45, 2.75) is 12.3 Å². The van der Waals surface area contributed by atoms with Crippen LogP contribution in [0.2, 0.25) is 0 Å². The summed E-state index contributed by atoms with van der Waals surface area (Å²) in [6, 6.07) is 16.1. The van der Waals surface area contributed by atoms with Crippen molar-refractivity contribution in [2.75, 3.05) is 19.7 Å². The lowest BCUT2D eigenvalue weighted by Gasteiger charge is -2.12. The minimum atomic E-state index is -4.36. The Balaban J connectivity index is 1.31. The van der Waals surface area contributed by atoms with Gasteiger partial charge in [0.05, 0.1) is 17.4 Å². The number of pyridine rings is 1. The van der Waals surface area contributed by atoms with E-state index in [4.69, 9.17) is 4.74 Å². The summed E-state index contributed by atoms with van der Waals surface area (Å²) in [6.07, 6.45) is -1.70. The number of rotatable bonds is 9. The Bertz CT molecular complexity index is 1200. The molecule has 0 amide bonds. The number of alkyl halides is 3. The second kappa shape index (κ2) is 10.8. The van der Waals surface area contributed by atoms with Crippen LogP contribution in [0.5, 0.6) is 5.75 Å². The van der Waals surface area contributed by atoms with Gasteiger partial charge in [0, 0.05) is 47.6 Å². The average molecular weight is 486 g/mol. The molecule has 0 saturated carbocycles. The van der Waals surface area contributed by atoms with Crippen LogP contribution in [0.4, 0.5) is 13.2 Å². The highest BCUT2D eigenvalue weighted by Crippen LogP contribution is 2.33. The molecule has 5 nitrogen and oxygen atoms in total. The zero-order chi connectivity index (χ0) is 24.0. The SMILES string of the molecule is O[C@@H](CNCCOc1cccc(-c2csc(-c3ccc(C(F)(F)F)cc3)n2)c1)c1cccnc1. The Morgan fingerprint density at radius 2 is 1.85 bits per heavy atom. The fraction of sp³-hybridized carbons (Fsp3) is 0.200. The van der Waals surface area contributed by atoms with Crippen molar-refractivity contribution in [1.82, 2.24) is 15.3 Å². The largest absolute Gasteiger partial charge is 0.492 e. The first-order valence-electron chi connectivity index (χ1n) is 10.6. The van der Waals surface area contributed by atoms with Gasteiger partial charge in [-0.05, 0) is 30.3 Å². The lowest BCUT2D eigenvalue weighted by Crippen LogP contribution is -2.26. The van der Waals surface area contributed by atoms with E-state index in [0.717, 1.165) is 29.0 Å². The Kier molecular flexibility index (Phi) is 7.56. The summed E-state index contributed by atoms with van der Waals surface area (Å²) >= 11 is 1.37. The van der Waals surface area contributed by atoms with Crippen LogP contribution in [0.25, 0.3) is 21.8 Å². The zero-order valence-electron chi connectivity index (χ0n) is 18.0. The van der Waals surface area contributed by atoms with E-state index in [1.165, 1.54) is 23.5 Å². The van der Waals surface area contributed by atoms with Crippen molar-refractivity contribution >= 4 is 11.3 Å². The van der Waals surface area contributed by atoms with Crippen LogP contribution in [0, 0.1) is 0 Å². The van der Waals surface area contributed by atoms with E-state index in [9.17, 15) is 18.3 Å². The standard InChI is InChI=1S/C25H22F3N3O2S/c26-25(27,28)20-8-6-17(7-9-20)24-31-22(16-34-24)18-3-1-5-21(13-18)33-12-11-30-15-23(32)19-4-2-10-29-14-19/h1-10,13-14,16,23,30,32H,11-12,15H2/t23-/m0/s1. The van der Waals surface area contributed by atoms with Crippen molar-refractivity contribution in [1.29, 1.82) is 0 Å². The molecule has 2 aromatic carbocycles. The third-order valence-electron chi connectivity index (χ3n) is 5.05. The van der Waals surface area contributed by atoms with E-state index in [-0.39, 0.29) is 0 Å². The molecule has 176 valence electrons. The molecule has 0 unspecified atom stereocenters. The molecule has 0 bridgehead atoms. The summed E-state index contributed by atoms with van der Waals surface area (Å²) in [5, 5.41) is 15.8. The number of hydrogen-bond donors (Lipinski definition) is 2. The number of aliphatic hydroxyl groups is 1. The normalized spacial score (nSPS) is 12.5. The van der Waals surface area contributed by atoms with E-state index in [1.54, 1.807) is 18.5 Å². The van der Waals surface area contributed by atoms with E-state index >= 15 is 0 Å². The number of hydrogen-bond acceptors (Lipinski definition) is 6. The van der Waals surface area contributed by atoms with Crippen LogP contribution in [0.1, 0.15) is 17.2 Å². The Morgan fingerprint density at radius 3 is 2.59 bits per heavy atom. The number of thiazole rings is 1. The smallest absolute Gasteiger partial charge is 0.416 e. The second-order valence-electron chi connectivity index (χ2n) is 7.50. The lowest BCUT2D eigenvalue weighted by atomic mass is 10.1. The van der Waals surface area contributed by atoms with Crippen LogP contribution in [0.15, 0.2) is 78.4 Å². The van der Waals surface area contributed by atoms with Crippen molar-refractivity contribution in [3.63, 3.8) is 0 Å². The number of nitrogens with one attached hydrogen (secondary N) is 1. The van der Waals surface area contributed by atoms with Gasteiger partial charge in [-0.1, -0.05) is 30.3 Å². The van der Waals surface area contributed by atoms with Crippen molar-refractivity contribution in [3.05, 3.63) is 89.6 Å². The maximum Gasteiger partial charge on any atom is 0.416 e. The third kappa shape index (κ3) is 6.19. The first kappa shape index (κ1) is 23.9. The molecule has 2 N–H and O–H groups in total. The van der Waals surface area contributed by atoms with Crippen LogP contribution in [0.3, 0.4) is 0 Å². The molecule has 2 aromatic heterocycles. The molecule has 34 heavy (non-hydrogen) atoms. The van der Waals surface area contributed by atoms with Gasteiger partial charge >= 0.3 is 6.18 Å². The lowest BCUT2D eigenvalue weighted by molar-refractivity contribution is -0.137. The highest BCUT2D eigenvalue weighted by atomic mass is 32.1. The highest BCUT2D eigenvalue weighted by molar-refractivity contribution is 7.13. The highest BCUT2D eigenvalue weighted by Gasteiger charge is 2.30. The quantitative estimate of drug-likeness (QED) is 0.303. The van der Waals surface area contributed by atoms with Crippen molar-refractivity contribution in [2.24, 2.45) is 0 Å². The molecule has 4 aromatic rings. The summed E-state index contributed by atoms with van der Waals surface area (Å²) < 4.78 is 44.1. The second-order valence-corrected chi connectivity index (χ2v) is 8.35. The topological polar surface area (TPSA) is 67.3 Å². The first-order valence-corrected chi connectivity index (χ1v) is 11.4. The van der Waals surface area contributed by atoms with E-state index in [2.05, 4.69) is 15.3 Å². The molecule has 1 atom stereocenters. The van der Waals surface area contributed by atoms with Gasteiger partial charge < -0.3 is 15.2 Å². The van der Waals surface area contributed by atoms with Crippen LogP contribution < -0.4 is 10.1 Å². The number of halogens is 3. The molecule has 0 fully saturated rings. The minimum absolute atomic E-state index is 0.390. The number of benzene rings is 2. The Hall–Kier alpha value is -3.27. The van der Waals surface area contributed by atoms with Gasteiger partial charge in [0.2, 0.25) is 0 Å². The molecule has 0 aliphatic rings. The molecule has 0 aliphatic heterocycles. The Morgan fingerprint density at radius 1 is 1.03 bits per heavy atom. The Labute approximate surface area is 198 Å². The van der Waals surface area contributed by atoms with Gasteiger partial charge in [-0.25, -0.2) is 4.98 Å². The number of ether oxygens (including phenoxy) is 1. The van der Waals surface area contributed by atoms with Gasteiger partial charge in [-0.2, -0.15) is 13.2 Å². The number of nitrogens with zero attached hydrogens (tertiary/aromatic N) is 2. The summed E-state index contributed by atoms with van der Waals surface area (Å²) in [7, 11) is 0. The van der Waals surface area contributed by atoms with Gasteiger partial charge in [0.15, 0.2) is 0 Å². The fourth-order valence-electron chi connectivity index (χ4n) is 3.26. The zero-order valence-corrected chi connectivity index (χ0v) is 18.8. The monoisotopic (exact) mass is 485 g/mol. The molecule has 0 radical (unpaired) electrons. The molecule has 0 saturated heterocycles. The van der Waals surface area contributed by atoms with Crippen LogP contribution in [-0.2, 0) is 6.18 Å². The molecule has 0 spiro atoms. The van der Waals surface area contributed by atoms with E-state index in [1.807, 2.05) is 35.7 Å². The van der Waals surface area contributed by atoms with E-state index < -0.39 is 17.8 Å². The van der Waals surface area contributed by atoms with Crippen molar-refractivity contribution < 1.29 is 23.0 Å². The van der Waals surface area contributed by atoms with Crippen molar-refractivity contribution in [3.8, 4) is 27.6 Å². The van der Waals surface area contributed by atoms with Gasteiger partial charge in [-0.15, -0.1) is 11.3 Å². The summed E-state index contributed by atoms with van der Waals surface area (Å²) in [5.74, 6) is 0.677. The fourth-order valence-corrected chi connectivity index (χ4v) is 4.09. The van der Waals surface area contributed by atoms with Gasteiger partial charge in [-0.3, -0.25) is 4.98 Å². The predicted octanol–water partition coefficient (Wildman–Crippen LogP) is 5.59. The maximum absolute atomic E-state index is 12.8. The molecule has 2 heterocycles. The van der Waals surface area contributed by atoms with Gasteiger partial charge in [0.1, 0.15) is 17.4 Å². The number of aliphatic hydroxyl groups excluding tert-OH is 1. The molecule has 4 rings (SSSR count). The average Bonchev–Trinajstić information content (AvgIpc) is 3.34.